The molecule has 2 aliphatic heterocycles. The molecule has 4 heterocycles. The van der Waals surface area contributed by atoms with E-state index in [1.807, 2.05) is 19.3 Å². The minimum absolute atomic E-state index is 0.0722. The fraction of sp³-hybridized carbons (Fsp3) is 0.579. The average Bonchev–Trinajstić information content (AvgIpc) is 3.16. The molecular weight excluding hydrogens is 316 g/mol. The Morgan fingerprint density at radius 2 is 2.12 bits per heavy atom. The second-order valence-electron chi connectivity index (χ2n) is 6.99. The Kier molecular flexibility index (Phi) is 4.61. The maximum atomic E-state index is 13.1. The summed E-state index contributed by atoms with van der Waals surface area (Å²) < 4.78 is 7.52. The van der Waals surface area contributed by atoms with Gasteiger partial charge in [0.2, 0.25) is 5.91 Å². The van der Waals surface area contributed by atoms with Crippen molar-refractivity contribution in [3.05, 3.63) is 30.2 Å². The molecular formula is C19H26N4O2. The summed E-state index contributed by atoms with van der Waals surface area (Å²) in [6.45, 7) is 2.24. The number of carbonyl (C=O) groups excluding carboxylic acids is 1. The predicted octanol–water partition coefficient (Wildman–Crippen LogP) is 2.86. The van der Waals surface area contributed by atoms with Crippen LogP contribution in [0.5, 0.6) is 0 Å². The van der Waals surface area contributed by atoms with Crippen LogP contribution in [-0.4, -0.2) is 47.0 Å². The van der Waals surface area contributed by atoms with Crippen molar-refractivity contribution in [3.63, 3.8) is 0 Å². The molecule has 134 valence electrons. The van der Waals surface area contributed by atoms with E-state index in [9.17, 15) is 4.79 Å². The lowest BCUT2D eigenvalue weighted by molar-refractivity contribution is -0.142. The number of nitrogens with zero attached hydrogens (tertiary/aromatic N) is 3. The van der Waals surface area contributed by atoms with E-state index in [0.29, 0.717) is 13.2 Å². The van der Waals surface area contributed by atoms with Crippen LogP contribution >= 0.6 is 0 Å². The number of fused-ring (bicyclic) bond motifs is 1. The summed E-state index contributed by atoms with van der Waals surface area (Å²) >= 11 is 0. The summed E-state index contributed by atoms with van der Waals surface area (Å²) in [6, 6.07) is 4.14. The minimum atomic E-state index is 0.0722. The number of hydrogen-bond donors (Lipinski definition) is 1. The summed E-state index contributed by atoms with van der Waals surface area (Å²) in [5, 5.41) is 3.19. The molecule has 4 rings (SSSR count). The smallest absolute Gasteiger partial charge is 0.226 e. The largest absolute Gasteiger partial charge is 0.381 e. The number of likely N-dealkylation sites (tertiary alicyclic amines) is 1. The molecule has 0 aliphatic carbocycles. The zero-order chi connectivity index (χ0) is 17.2. The lowest BCUT2D eigenvalue weighted by atomic mass is 9.93. The van der Waals surface area contributed by atoms with Gasteiger partial charge in [0.25, 0.3) is 0 Å². The van der Waals surface area contributed by atoms with Crippen molar-refractivity contribution in [2.45, 2.75) is 38.1 Å². The first-order chi connectivity index (χ1) is 12.3. The minimum Gasteiger partial charge on any atom is -0.381 e. The number of piperidine rings is 1. The normalized spacial score (nSPS) is 22.3. The second kappa shape index (κ2) is 7.04. The number of aromatic nitrogens is 2. The maximum absolute atomic E-state index is 13.1. The van der Waals surface area contributed by atoms with Crippen LogP contribution < -0.4 is 5.32 Å². The van der Waals surface area contributed by atoms with Crippen molar-refractivity contribution >= 4 is 17.2 Å². The standard InChI is InChI=1S/C19H26N4O2/c1-20-18-17-6-4-9-22(17)13-15(21-18)16-5-2-3-10-23(16)19(24)14-7-11-25-12-8-14/h4,6,9,13-14,16H,2-3,5,7-8,10-12H2,1H3,(H,20,21)/t16-/m0/s1. The summed E-state index contributed by atoms with van der Waals surface area (Å²) in [4.78, 5) is 20.0. The third kappa shape index (κ3) is 3.11. The first-order valence-electron chi connectivity index (χ1n) is 9.31. The van der Waals surface area contributed by atoms with Crippen molar-refractivity contribution in [1.82, 2.24) is 14.3 Å². The molecule has 0 radical (unpaired) electrons. The Morgan fingerprint density at radius 3 is 2.92 bits per heavy atom. The van der Waals surface area contributed by atoms with Crippen LogP contribution in [0.1, 0.15) is 43.8 Å². The van der Waals surface area contributed by atoms with Gasteiger partial charge in [-0.2, -0.15) is 0 Å². The highest BCUT2D eigenvalue weighted by molar-refractivity contribution is 5.79. The van der Waals surface area contributed by atoms with Gasteiger partial charge in [-0.1, -0.05) is 0 Å². The van der Waals surface area contributed by atoms with E-state index in [0.717, 1.165) is 55.7 Å². The Labute approximate surface area is 148 Å². The molecule has 25 heavy (non-hydrogen) atoms. The summed E-state index contributed by atoms with van der Waals surface area (Å²) in [7, 11) is 1.89. The van der Waals surface area contributed by atoms with Crippen LogP contribution in [0.3, 0.4) is 0 Å². The topological polar surface area (TPSA) is 58.9 Å². The first-order valence-corrected chi connectivity index (χ1v) is 9.31. The SMILES string of the molecule is CNc1nc([C@@H]2CCCCN2C(=O)C2CCOCC2)cn2cccc12. The number of nitrogens with one attached hydrogen (secondary N) is 1. The average molecular weight is 342 g/mol. The van der Waals surface area contributed by atoms with E-state index in [4.69, 9.17) is 9.72 Å². The lowest BCUT2D eigenvalue weighted by Crippen LogP contribution is -2.43. The zero-order valence-corrected chi connectivity index (χ0v) is 14.8. The van der Waals surface area contributed by atoms with Gasteiger partial charge in [0, 0.05) is 45.1 Å². The van der Waals surface area contributed by atoms with E-state index >= 15 is 0 Å². The highest BCUT2D eigenvalue weighted by Gasteiger charge is 2.34. The molecule has 2 saturated heterocycles. The molecule has 6 nitrogen and oxygen atoms in total. The second-order valence-corrected chi connectivity index (χ2v) is 6.99. The number of hydrogen-bond acceptors (Lipinski definition) is 4. The maximum Gasteiger partial charge on any atom is 0.226 e. The van der Waals surface area contributed by atoms with Crippen LogP contribution in [-0.2, 0) is 9.53 Å². The predicted molar refractivity (Wildman–Crippen MR) is 96.6 cm³/mol. The van der Waals surface area contributed by atoms with Crippen LogP contribution in [0.25, 0.3) is 5.52 Å². The van der Waals surface area contributed by atoms with Gasteiger partial charge in [-0.15, -0.1) is 0 Å². The molecule has 1 N–H and O–H groups in total. The third-order valence-electron chi connectivity index (χ3n) is 5.47. The highest BCUT2D eigenvalue weighted by Crippen LogP contribution is 2.33. The Balaban J connectivity index is 1.65. The van der Waals surface area contributed by atoms with Crippen LogP contribution in [0.15, 0.2) is 24.5 Å². The fourth-order valence-electron chi connectivity index (χ4n) is 4.09. The van der Waals surface area contributed by atoms with Gasteiger partial charge >= 0.3 is 0 Å². The van der Waals surface area contributed by atoms with Gasteiger partial charge < -0.3 is 19.4 Å². The summed E-state index contributed by atoms with van der Waals surface area (Å²) in [6.07, 6.45) is 9.00. The summed E-state index contributed by atoms with van der Waals surface area (Å²) in [5.74, 6) is 1.26. The number of carbonyl (C=O) groups is 1. The van der Waals surface area contributed by atoms with Gasteiger partial charge in [0.05, 0.1) is 17.3 Å². The Bertz CT molecular complexity index is 751. The van der Waals surface area contributed by atoms with E-state index in [1.54, 1.807) is 0 Å². The Hall–Kier alpha value is -2.08. The molecule has 2 aromatic heterocycles. The number of amides is 1. The highest BCUT2D eigenvalue weighted by atomic mass is 16.5. The van der Waals surface area contributed by atoms with Crippen molar-refractivity contribution < 1.29 is 9.53 Å². The van der Waals surface area contributed by atoms with Gasteiger partial charge in [0.1, 0.15) is 5.82 Å². The van der Waals surface area contributed by atoms with Crippen LogP contribution in [0.4, 0.5) is 5.82 Å². The van der Waals surface area contributed by atoms with Gasteiger partial charge in [-0.3, -0.25) is 4.79 Å². The van der Waals surface area contributed by atoms with Crippen molar-refractivity contribution in [3.8, 4) is 0 Å². The lowest BCUT2D eigenvalue weighted by Gasteiger charge is -2.38. The molecule has 1 atom stereocenters. The molecule has 1 amide bonds. The van der Waals surface area contributed by atoms with Crippen LogP contribution in [0.2, 0.25) is 0 Å². The molecule has 2 aromatic rings. The van der Waals surface area contributed by atoms with Gasteiger partial charge in [-0.25, -0.2) is 4.98 Å². The molecule has 0 spiro atoms. The van der Waals surface area contributed by atoms with E-state index in [2.05, 4.69) is 26.9 Å². The van der Waals surface area contributed by atoms with E-state index < -0.39 is 0 Å². The number of rotatable bonds is 3. The van der Waals surface area contributed by atoms with E-state index in [-0.39, 0.29) is 17.9 Å². The molecule has 0 unspecified atom stereocenters. The van der Waals surface area contributed by atoms with Crippen molar-refractivity contribution in [2.75, 3.05) is 32.1 Å². The summed E-state index contributed by atoms with van der Waals surface area (Å²) in [5.41, 5.74) is 2.04. The van der Waals surface area contributed by atoms with E-state index in [1.165, 1.54) is 0 Å². The first kappa shape index (κ1) is 16.4. The quantitative estimate of drug-likeness (QED) is 0.932. The Morgan fingerprint density at radius 1 is 1.28 bits per heavy atom. The zero-order valence-electron chi connectivity index (χ0n) is 14.8. The molecule has 6 heteroatoms. The van der Waals surface area contributed by atoms with Crippen molar-refractivity contribution in [2.24, 2.45) is 5.92 Å². The van der Waals surface area contributed by atoms with Crippen molar-refractivity contribution in [1.29, 1.82) is 0 Å². The number of anilines is 1. The molecule has 0 bridgehead atoms. The van der Waals surface area contributed by atoms with Gasteiger partial charge in [-0.05, 0) is 44.2 Å². The van der Waals surface area contributed by atoms with Crippen LogP contribution in [0, 0.1) is 5.92 Å². The molecule has 0 aromatic carbocycles. The number of ether oxygens (including phenoxy) is 1. The fourth-order valence-corrected chi connectivity index (χ4v) is 4.09. The molecule has 0 saturated carbocycles. The molecule has 2 aliphatic rings. The monoisotopic (exact) mass is 342 g/mol. The van der Waals surface area contributed by atoms with Gasteiger partial charge in [0.15, 0.2) is 0 Å². The molecule has 2 fully saturated rings. The third-order valence-corrected chi connectivity index (χ3v) is 5.47.